The Labute approximate surface area is 331 Å². The molecule has 9 aliphatic carbocycles. The lowest BCUT2D eigenvalue weighted by Crippen LogP contribution is -2.67. The van der Waals surface area contributed by atoms with Gasteiger partial charge in [0.05, 0.1) is 18.2 Å². The van der Waals surface area contributed by atoms with E-state index in [1.165, 1.54) is 18.9 Å². The molecule has 0 saturated heterocycles. The molecule has 55 heavy (non-hydrogen) atoms. The van der Waals surface area contributed by atoms with Gasteiger partial charge in [0, 0.05) is 51.1 Å². The van der Waals surface area contributed by atoms with Crippen LogP contribution in [0.3, 0.4) is 0 Å². The van der Waals surface area contributed by atoms with E-state index in [2.05, 4.69) is 51.2 Å². The Bertz CT molecular complexity index is 1940. The highest BCUT2D eigenvalue weighted by Crippen LogP contribution is 2.78. The average Bonchev–Trinajstić information content (AvgIpc) is 3.42. The van der Waals surface area contributed by atoms with Crippen LogP contribution in [0.4, 0.5) is 14.9 Å². The van der Waals surface area contributed by atoms with Gasteiger partial charge in [0.25, 0.3) is 0 Å². The number of urea groups is 1. The normalized spacial score (nSPS) is 41.6. The molecule has 2 amide bonds. The Morgan fingerprint density at radius 3 is 2.36 bits per heavy atom. The number of para-hydroxylation sites is 1. The number of hydrogen-bond acceptors (Lipinski definition) is 4. The van der Waals surface area contributed by atoms with Crippen molar-refractivity contribution < 1.29 is 24.2 Å². The van der Waals surface area contributed by atoms with Crippen molar-refractivity contribution in [2.24, 2.45) is 56.7 Å². The summed E-state index contributed by atoms with van der Waals surface area (Å²) in [6.45, 7) is 10.2. The van der Waals surface area contributed by atoms with E-state index < -0.39 is 33.8 Å². The summed E-state index contributed by atoms with van der Waals surface area (Å²) < 4.78 is 15.2. The van der Waals surface area contributed by atoms with Crippen molar-refractivity contribution in [2.45, 2.75) is 110 Å². The van der Waals surface area contributed by atoms with Gasteiger partial charge >= 0.3 is 6.03 Å². The number of Topliss-reactive ketones (excluding diaryl/α,β-unsaturated/α-hetero) is 1. The summed E-state index contributed by atoms with van der Waals surface area (Å²) in [5, 5.41) is 27.7. The van der Waals surface area contributed by atoms with Crippen molar-refractivity contribution in [3.63, 3.8) is 0 Å². The minimum absolute atomic E-state index is 0.0756. The highest BCUT2D eigenvalue weighted by atomic mass is 35.5. The van der Waals surface area contributed by atoms with E-state index in [0.717, 1.165) is 43.7 Å². The zero-order chi connectivity index (χ0) is 38.8. The SMILES string of the molecule is CC1(C)[C@H]2CC[C@@H](CN(C[C@]3(O)CC[C@H]4[C@]56C=C[C@@]7(C=C5C(=O)Cc5c(F)cccc5Cl)CC(O)CC[C@]7(C)[C@H]6CC[C@@]43C)C(=O)Nc3ccccc3)[C@@H]1C2. The lowest BCUT2D eigenvalue weighted by atomic mass is 9.32. The second-order valence-corrected chi connectivity index (χ2v) is 20.4. The number of ketones is 1. The highest BCUT2D eigenvalue weighted by Gasteiger charge is 2.74. The minimum Gasteiger partial charge on any atom is -0.393 e. The number of carbonyl (C=O) groups is 2. The Morgan fingerprint density at radius 2 is 1.64 bits per heavy atom. The predicted octanol–water partition coefficient (Wildman–Crippen LogP) is 9.79. The van der Waals surface area contributed by atoms with Crippen LogP contribution in [-0.2, 0) is 11.2 Å². The van der Waals surface area contributed by atoms with E-state index in [0.29, 0.717) is 43.2 Å². The topological polar surface area (TPSA) is 89.9 Å². The third kappa shape index (κ3) is 5.30. The summed E-state index contributed by atoms with van der Waals surface area (Å²) in [6.07, 6.45) is 14.6. The van der Waals surface area contributed by atoms with Gasteiger partial charge in [0.2, 0.25) is 0 Å². The molecule has 4 bridgehead atoms. The lowest BCUT2D eigenvalue weighted by molar-refractivity contribution is -0.178. The molecule has 11 atom stereocenters. The van der Waals surface area contributed by atoms with Gasteiger partial charge in [-0.25, -0.2) is 9.18 Å². The van der Waals surface area contributed by atoms with E-state index in [1.54, 1.807) is 12.1 Å². The van der Waals surface area contributed by atoms with E-state index in [-0.39, 0.29) is 58.0 Å². The Morgan fingerprint density at radius 1 is 0.909 bits per heavy atom. The summed E-state index contributed by atoms with van der Waals surface area (Å²) in [5.74, 6) is 1.10. The maximum Gasteiger partial charge on any atom is 0.321 e. The van der Waals surface area contributed by atoms with Crippen molar-refractivity contribution >= 4 is 29.1 Å². The van der Waals surface area contributed by atoms with Crippen LogP contribution in [0.15, 0.2) is 72.3 Å². The van der Waals surface area contributed by atoms with Crippen molar-refractivity contribution in [3.8, 4) is 0 Å². The molecule has 3 N–H and O–H groups in total. The number of rotatable bonds is 8. The number of amides is 2. The molecular formula is C47H58ClFN2O4. The van der Waals surface area contributed by atoms with Gasteiger partial charge < -0.3 is 20.4 Å². The fraction of sp³-hybridized carbons (Fsp3) is 0.617. The number of aliphatic hydroxyl groups is 2. The van der Waals surface area contributed by atoms with Crippen LogP contribution in [0.2, 0.25) is 5.02 Å². The molecule has 8 heteroatoms. The van der Waals surface area contributed by atoms with Crippen LogP contribution in [0.5, 0.6) is 0 Å². The fourth-order valence-corrected chi connectivity index (χ4v) is 14.6. The van der Waals surface area contributed by atoms with E-state index in [4.69, 9.17) is 11.6 Å². The molecule has 6 saturated carbocycles. The zero-order valence-corrected chi connectivity index (χ0v) is 33.7. The predicted molar refractivity (Wildman–Crippen MR) is 214 cm³/mol. The molecule has 0 radical (unpaired) electrons. The molecule has 0 aliphatic heterocycles. The molecule has 11 rings (SSSR count). The van der Waals surface area contributed by atoms with E-state index >= 15 is 4.39 Å². The van der Waals surface area contributed by atoms with Crippen molar-refractivity contribution in [2.75, 3.05) is 18.4 Å². The molecule has 2 aromatic carbocycles. The number of hydrogen-bond donors (Lipinski definition) is 3. The smallest absolute Gasteiger partial charge is 0.321 e. The second-order valence-electron chi connectivity index (χ2n) is 20.0. The summed E-state index contributed by atoms with van der Waals surface area (Å²) in [7, 11) is 0. The van der Waals surface area contributed by atoms with Gasteiger partial charge in [0.1, 0.15) is 5.82 Å². The number of allylic oxidation sites excluding steroid dienone is 4. The molecule has 6 fully saturated rings. The van der Waals surface area contributed by atoms with Crippen molar-refractivity contribution in [3.05, 3.63) is 88.7 Å². The number of nitrogens with zero attached hydrogens (tertiary/aromatic N) is 1. The quantitative estimate of drug-likeness (QED) is 0.234. The van der Waals surface area contributed by atoms with Crippen LogP contribution in [0, 0.1) is 62.5 Å². The molecular weight excluding hydrogens is 711 g/mol. The average molecular weight is 769 g/mol. The molecule has 0 heterocycles. The van der Waals surface area contributed by atoms with Gasteiger partial charge in [-0.2, -0.15) is 0 Å². The van der Waals surface area contributed by atoms with Crippen molar-refractivity contribution in [1.29, 1.82) is 0 Å². The zero-order valence-electron chi connectivity index (χ0n) is 32.9. The number of halogens is 2. The lowest BCUT2D eigenvalue weighted by Gasteiger charge is -2.71. The fourth-order valence-electron chi connectivity index (χ4n) is 14.3. The molecule has 6 nitrogen and oxygen atoms in total. The largest absolute Gasteiger partial charge is 0.393 e. The Balaban J connectivity index is 1.09. The summed E-state index contributed by atoms with van der Waals surface area (Å²) in [6, 6.07) is 14.0. The van der Waals surface area contributed by atoms with Crippen LogP contribution in [0.25, 0.3) is 0 Å². The van der Waals surface area contributed by atoms with Crippen LogP contribution in [-0.4, -0.2) is 51.7 Å². The standard InChI is InChI=1S/C47H58ClFN2O4/c1-42(2)30-14-13-29(34(42)23-30)27-51(41(54)50-31-9-6-5-7-10-31)28-46(55)20-17-40-44(46,4)19-16-39-43(3)18-15-32(52)25-45(43)21-22-47(39,40)35(26-45)38(53)24-33-36(48)11-8-12-37(33)49/h5-12,21-22,26,29-30,32,34,39-40,52,55H,13-20,23-25,27-28H2,1-4H3,(H,50,54)/t29-,30-,32?,34-,39+,40+,43+,44-,45-,46+,47+/m0/s1. The number of fused-ring (bicyclic) bond motifs is 3. The van der Waals surface area contributed by atoms with Crippen molar-refractivity contribution in [1.82, 2.24) is 4.90 Å². The first-order valence-corrected chi connectivity index (χ1v) is 21.4. The van der Waals surface area contributed by atoms with Gasteiger partial charge in [-0.3, -0.25) is 4.79 Å². The summed E-state index contributed by atoms with van der Waals surface area (Å²) >= 11 is 6.52. The number of aliphatic hydroxyl groups excluding tert-OH is 1. The highest BCUT2D eigenvalue weighted by molar-refractivity contribution is 6.31. The summed E-state index contributed by atoms with van der Waals surface area (Å²) in [4.78, 5) is 31.2. The third-order valence-electron chi connectivity index (χ3n) is 17.6. The van der Waals surface area contributed by atoms with Crippen LogP contribution >= 0.6 is 11.6 Å². The number of anilines is 1. The van der Waals surface area contributed by atoms with Crippen LogP contribution in [0.1, 0.15) is 97.5 Å². The van der Waals surface area contributed by atoms with Gasteiger partial charge in [-0.1, -0.05) is 81.8 Å². The molecule has 2 spiro atoms. The van der Waals surface area contributed by atoms with E-state index in [1.807, 2.05) is 35.2 Å². The Hall–Kier alpha value is -3.00. The van der Waals surface area contributed by atoms with Gasteiger partial charge in [0.15, 0.2) is 5.78 Å². The maximum absolute atomic E-state index is 15.2. The molecule has 9 aliphatic rings. The maximum atomic E-state index is 15.2. The third-order valence-corrected chi connectivity index (χ3v) is 18.0. The Kier molecular flexibility index (Phi) is 8.71. The first-order valence-electron chi connectivity index (χ1n) is 21.0. The second kappa shape index (κ2) is 12.8. The van der Waals surface area contributed by atoms with E-state index in [9.17, 15) is 19.8 Å². The summed E-state index contributed by atoms with van der Waals surface area (Å²) in [5.41, 5.74) is -1.22. The monoisotopic (exact) mass is 768 g/mol. The van der Waals surface area contributed by atoms with Gasteiger partial charge in [-0.15, -0.1) is 0 Å². The van der Waals surface area contributed by atoms with Gasteiger partial charge in [-0.05, 0) is 129 Å². The first-order chi connectivity index (χ1) is 26.1. The number of nitrogens with one attached hydrogen (secondary N) is 1. The number of benzene rings is 2. The first kappa shape index (κ1) is 37.6. The molecule has 0 aromatic heterocycles. The number of carbonyl (C=O) groups excluding carboxylic acids is 2. The molecule has 294 valence electrons. The molecule has 2 aromatic rings. The van der Waals surface area contributed by atoms with Crippen LogP contribution < -0.4 is 5.32 Å². The minimum atomic E-state index is -1.19. The molecule has 1 unspecified atom stereocenters.